The highest BCUT2D eigenvalue weighted by molar-refractivity contribution is 5.90. The highest BCUT2D eigenvalue weighted by Crippen LogP contribution is 2.29. The van der Waals surface area contributed by atoms with E-state index in [1.807, 2.05) is 0 Å². The average molecular weight is 292 g/mol. The molecule has 0 spiro atoms. The van der Waals surface area contributed by atoms with Crippen LogP contribution in [-0.2, 0) is 4.74 Å². The largest absolute Gasteiger partial charge is 0.490 e. The molecule has 0 radical (unpaired) electrons. The zero-order valence-electron chi connectivity index (χ0n) is 12.6. The molecular formula is C17H24O4. The molecule has 1 aliphatic rings. The number of carboxylic acids is 1. The Labute approximate surface area is 126 Å². The first-order valence-electron chi connectivity index (χ1n) is 7.79. The predicted octanol–water partition coefficient (Wildman–Crippen LogP) is 3.75. The summed E-state index contributed by atoms with van der Waals surface area (Å²) < 4.78 is 11.5. The lowest BCUT2D eigenvalue weighted by atomic mass is 9.85. The van der Waals surface area contributed by atoms with E-state index in [2.05, 4.69) is 6.92 Å². The first-order chi connectivity index (χ1) is 10.2. The van der Waals surface area contributed by atoms with Crippen LogP contribution in [0.3, 0.4) is 0 Å². The third-order valence-electron chi connectivity index (χ3n) is 4.15. The van der Waals surface area contributed by atoms with Crippen molar-refractivity contribution in [3.05, 3.63) is 29.8 Å². The first kappa shape index (κ1) is 15.8. The molecule has 2 rings (SSSR count). The zero-order valence-corrected chi connectivity index (χ0v) is 12.6. The molecule has 0 aromatic heterocycles. The predicted molar refractivity (Wildman–Crippen MR) is 80.9 cm³/mol. The van der Waals surface area contributed by atoms with Gasteiger partial charge in [0, 0.05) is 0 Å². The van der Waals surface area contributed by atoms with Crippen molar-refractivity contribution in [2.75, 3.05) is 13.2 Å². The van der Waals surface area contributed by atoms with Crippen LogP contribution in [0.15, 0.2) is 24.3 Å². The summed E-state index contributed by atoms with van der Waals surface area (Å²) in [6, 6.07) is 6.70. The maximum atomic E-state index is 11.1. The average Bonchev–Trinajstić information content (AvgIpc) is 2.52. The SMILES string of the molecule is CCC1CCCCC1OCCOc1ccccc1C(=O)O. The van der Waals surface area contributed by atoms with E-state index >= 15 is 0 Å². The summed E-state index contributed by atoms with van der Waals surface area (Å²) in [5.74, 6) is 0.0965. The molecule has 0 aliphatic heterocycles. The number of ether oxygens (including phenoxy) is 2. The van der Waals surface area contributed by atoms with Gasteiger partial charge in [-0.2, -0.15) is 0 Å². The highest BCUT2D eigenvalue weighted by atomic mass is 16.5. The van der Waals surface area contributed by atoms with Crippen molar-refractivity contribution >= 4 is 5.97 Å². The van der Waals surface area contributed by atoms with Crippen molar-refractivity contribution in [3.63, 3.8) is 0 Å². The molecule has 0 amide bonds. The summed E-state index contributed by atoms with van der Waals surface area (Å²) in [7, 11) is 0. The van der Waals surface area contributed by atoms with Crippen molar-refractivity contribution in [1.82, 2.24) is 0 Å². The Hall–Kier alpha value is -1.55. The normalized spacial score (nSPS) is 22.0. The van der Waals surface area contributed by atoms with Crippen molar-refractivity contribution in [1.29, 1.82) is 0 Å². The Kier molecular flexibility index (Phi) is 6.05. The third kappa shape index (κ3) is 4.46. The minimum atomic E-state index is -0.968. The second-order valence-corrected chi connectivity index (χ2v) is 5.51. The van der Waals surface area contributed by atoms with Crippen molar-refractivity contribution < 1.29 is 19.4 Å². The molecule has 116 valence electrons. The number of rotatable bonds is 7. The number of carboxylic acid groups (broad SMARTS) is 1. The topological polar surface area (TPSA) is 55.8 Å². The van der Waals surface area contributed by atoms with Crippen molar-refractivity contribution in [3.8, 4) is 5.75 Å². The van der Waals surface area contributed by atoms with Crippen LogP contribution in [0.5, 0.6) is 5.75 Å². The van der Waals surface area contributed by atoms with Crippen LogP contribution in [0.4, 0.5) is 0 Å². The van der Waals surface area contributed by atoms with E-state index in [-0.39, 0.29) is 5.56 Å². The standard InChI is InChI=1S/C17H24O4/c1-2-13-7-3-5-9-15(13)20-11-12-21-16-10-6-4-8-14(16)17(18)19/h4,6,8,10,13,15H,2-3,5,7,9,11-12H2,1H3,(H,18,19). The minimum Gasteiger partial charge on any atom is -0.490 e. The second kappa shape index (κ2) is 8.03. The summed E-state index contributed by atoms with van der Waals surface area (Å²) >= 11 is 0. The van der Waals surface area contributed by atoms with Crippen LogP contribution in [0, 0.1) is 5.92 Å². The van der Waals surface area contributed by atoms with Crippen LogP contribution in [-0.4, -0.2) is 30.4 Å². The van der Waals surface area contributed by atoms with Gasteiger partial charge in [-0.3, -0.25) is 0 Å². The maximum absolute atomic E-state index is 11.1. The van der Waals surface area contributed by atoms with Crippen LogP contribution in [0.1, 0.15) is 49.4 Å². The number of carbonyl (C=O) groups is 1. The molecular weight excluding hydrogens is 268 g/mol. The first-order valence-corrected chi connectivity index (χ1v) is 7.79. The fourth-order valence-corrected chi connectivity index (χ4v) is 2.98. The fraction of sp³-hybridized carbons (Fsp3) is 0.588. The Morgan fingerprint density at radius 2 is 2.00 bits per heavy atom. The third-order valence-corrected chi connectivity index (χ3v) is 4.15. The van der Waals surface area contributed by atoms with Crippen LogP contribution >= 0.6 is 0 Å². The molecule has 2 unspecified atom stereocenters. The van der Waals surface area contributed by atoms with Gasteiger partial charge in [-0.1, -0.05) is 38.3 Å². The molecule has 1 saturated carbocycles. The van der Waals surface area contributed by atoms with Gasteiger partial charge >= 0.3 is 5.97 Å². The second-order valence-electron chi connectivity index (χ2n) is 5.51. The Bertz CT molecular complexity index is 458. The lowest BCUT2D eigenvalue weighted by molar-refractivity contribution is -0.0229. The van der Waals surface area contributed by atoms with Crippen molar-refractivity contribution in [2.24, 2.45) is 5.92 Å². The minimum absolute atomic E-state index is 0.196. The van der Waals surface area contributed by atoms with Gasteiger partial charge in [-0.25, -0.2) is 4.79 Å². The number of aromatic carboxylic acids is 1. The van der Waals surface area contributed by atoms with Gasteiger partial charge in [0.05, 0.1) is 12.7 Å². The Morgan fingerprint density at radius 1 is 1.24 bits per heavy atom. The highest BCUT2D eigenvalue weighted by Gasteiger charge is 2.24. The molecule has 0 saturated heterocycles. The smallest absolute Gasteiger partial charge is 0.339 e. The Balaban J connectivity index is 1.78. The molecule has 21 heavy (non-hydrogen) atoms. The van der Waals surface area contributed by atoms with Gasteiger partial charge in [-0.15, -0.1) is 0 Å². The zero-order chi connectivity index (χ0) is 15.1. The quantitative estimate of drug-likeness (QED) is 0.778. The Morgan fingerprint density at radius 3 is 2.76 bits per heavy atom. The lowest BCUT2D eigenvalue weighted by Gasteiger charge is -2.30. The number of para-hydroxylation sites is 1. The van der Waals surface area contributed by atoms with Crippen LogP contribution in [0.2, 0.25) is 0 Å². The summed E-state index contributed by atoms with van der Waals surface area (Å²) in [6.07, 6.45) is 6.42. The van der Waals surface area contributed by atoms with Gasteiger partial charge in [0.25, 0.3) is 0 Å². The molecule has 4 nitrogen and oxygen atoms in total. The van der Waals surface area contributed by atoms with E-state index in [0.717, 1.165) is 12.8 Å². The van der Waals surface area contributed by atoms with Gasteiger partial charge in [0.1, 0.15) is 17.9 Å². The molecule has 1 aromatic carbocycles. The monoisotopic (exact) mass is 292 g/mol. The molecule has 1 aromatic rings. The van der Waals surface area contributed by atoms with Gasteiger partial charge < -0.3 is 14.6 Å². The number of hydrogen-bond donors (Lipinski definition) is 1. The number of hydrogen-bond acceptors (Lipinski definition) is 3. The molecule has 0 bridgehead atoms. The van der Waals surface area contributed by atoms with Crippen LogP contribution in [0.25, 0.3) is 0 Å². The van der Waals surface area contributed by atoms with Crippen molar-refractivity contribution in [2.45, 2.75) is 45.1 Å². The summed E-state index contributed by atoms with van der Waals surface area (Å²) in [5, 5.41) is 9.08. The fourth-order valence-electron chi connectivity index (χ4n) is 2.98. The number of benzene rings is 1. The van der Waals surface area contributed by atoms with E-state index in [1.165, 1.54) is 19.3 Å². The molecule has 1 N–H and O–H groups in total. The van der Waals surface area contributed by atoms with Gasteiger partial charge in [0.2, 0.25) is 0 Å². The maximum Gasteiger partial charge on any atom is 0.339 e. The van der Waals surface area contributed by atoms with Gasteiger partial charge in [-0.05, 0) is 30.9 Å². The van der Waals surface area contributed by atoms with E-state index in [4.69, 9.17) is 14.6 Å². The molecule has 2 atom stereocenters. The molecule has 1 fully saturated rings. The molecule has 4 heteroatoms. The van der Waals surface area contributed by atoms with Crippen LogP contribution < -0.4 is 4.74 Å². The molecule has 0 heterocycles. The summed E-state index contributed by atoms with van der Waals surface area (Å²) in [5.41, 5.74) is 0.196. The van der Waals surface area contributed by atoms with E-state index in [1.54, 1.807) is 24.3 Å². The van der Waals surface area contributed by atoms with E-state index < -0.39 is 5.97 Å². The lowest BCUT2D eigenvalue weighted by Crippen LogP contribution is -2.28. The summed E-state index contributed by atoms with van der Waals surface area (Å²) in [6.45, 7) is 3.11. The van der Waals surface area contributed by atoms with E-state index in [9.17, 15) is 4.79 Å². The van der Waals surface area contributed by atoms with Gasteiger partial charge in [0.15, 0.2) is 0 Å². The van der Waals surface area contributed by atoms with E-state index in [0.29, 0.717) is 31.0 Å². The molecule has 1 aliphatic carbocycles. The summed E-state index contributed by atoms with van der Waals surface area (Å²) in [4.78, 5) is 11.1.